The minimum atomic E-state index is -0.444. The quantitative estimate of drug-likeness (QED) is 0.766. The highest BCUT2D eigenvalue weighted by molar-refractivity contribution is 7.80. The van der Waals surface area contributed by atoms with Gasteiger partial charge in [0.2, 0.25) is 0 Å². The summed E-state index contributed by atoms with van der Waals surface area (Å²) in [6, 6.07) is 4.93. The molecule has 1 atom stereocenters. The summed E-state index contributed by atoms with van der Waals surface area (Å²) >= 11 is 17.8. The van der Waals surface area contributed by atoms with Crippen LogP contribution < -0.4 is 10.6 Å². The first-order valence-corrected chi connectivity index (χ1v) is 8.74. The van der Waals surface area contributed by atoms with E-state index in [1.807, 2.05) is 19.1 Å². The van der Waals surface area contributed by atoms with E-state index >= 15 is 0 Å². The van der Waals surface area contributed by atoms with E-state index in [1.54, 1.807) is 11.0 Å². The van der Waals surface area contributed by atoms with Gasteiger partial charge in [0.05, 0.1) is 34.9 Å². The van der Waals surface area contributed by atoms with E-state index < -0.39 is 6.04 Å². The number of allylic oxidation sites excluding steroid dienone is 1. The van der Waals surface area contributed by atoms with Gasteiger partial charge in [-0.25, -0.2) is 0 Å². The molecule has 2 heterocycles. The van der Waals surface area contributed by atoms with Crippen LogP contribution >= 0.6 is 35.4 Å². The van der Waals surface area contributed by atoms with Crippen LogP contribution in [0.2, 0.25) is 10.0 Å². The average Bonchev–Trinajstić information content (AvgIpc) is 2.57. The molecule has 1 fully saturated rings. The Labute approximate surface area is 155 Å². The van der Waals surface area contributed by atoms with Gasteiger partial charge in [-0.2, -0.15) is 0 Å². The van der Waals surface area contributed by atoms with Gasteiger partial charge in [0.25, 0.3) is 5.91 Å². The molecule has 5 nitrogen and oxygen atoms in total. The number of ether oxygens (including phenoxy) is 1. The number of amides is 1. The third-order valence-corrected chi connectivity index (χ3v) is 5.14. The van der Waals surface area contributed by atoms with Crippen LogP contribution in [0.3, 0.4) is 0 Å². The Kier molecular flexibility index (Phi) is 5.30. The fourth-order valence-corrected chi connectivity index (χ4v) is 3.58. The number of halogens is 2. The van der Waals surface area contributed by atoms with Gasteiger partial charge in [0, 0.05) is 18.8 Å². The third kappa shape index (κ3) is 3.37. The zero-order valence-corrected chi connectivity index (χ0v) is 15.4. The summed E-state index contributed by atoms with van der Waals surface area (Å²) in [5.41, 5.74) is 2.04. The molecule has 128 valence electrons. The molecule has 2 aliphatic heterocycles. The lowest BCUT2D eigenvalue weighted by Crippen LogP contribution is -2.49. The second-order valence-electron chi connectivity index (χ2n) is 5.62. The minimum absolute atomic E-state index is 0.0562. The first kappa shape index (κ1) is 17.5. The highest BCUT2D eigenvalue weighted by atomic mass is 35.5. The smallest absolute Gasteiger partial charge is 0.254 e. The first-order valence-electron chi connectivity index (χ1n) is 7.58. The number of nitrogens with one attached hydrogen (secondary N) is 2. The topological polar surface area (TPSA) is 53.6 Å². The fraction of sp³-hybridized carbons (Fsp3) is 0.375. The molecule has 2 N–H and O–H groups in total. The number of morpholine rings is 1. The molecular weight excluding hydrogens is 369 g/mol. The number of nitrogens with zero attached hydrogens (tertiary/aromatic N) is 1. The Morgan fingerprint density at radius 2 is 2.04 bits per heavy atom. The van der Waals surface area contributed by atoms with Crippen LogP contribution in [-0.2, 0) is 9.53 Å². The van der Waals surface area contributed by atoms with Crippen LogP contribution in [0, 0.1) is 0 Å². The predicted octanol–water partition coefficient (Wildman–Crippen LogP) is 2.64. The van der Waals surface area contributed by atoms with E-state index in [1.165, 1.54) is 0 Å². The lowest BCUT2D eigenvalue weighted by molar-refractivity contribution is -0.131. The van der Waals surface area contributed by atoms with E-state index in [9.17, 15) is 4.79 Å². The molecule has 2 aliphatic rings. The van der Waals surface area contributed by atoms with Crippen LogP contribution in [-0.4, -0.2) is 42.2 Å². The number of hydrogen-bond donors (Lipinski definition) is 2. The number of hydrogen-bond acceptors (Lipinski definition) is 3. The van der Waals surface area contributed by atoms with Gasteiger partial charge < -0.3 is 20.3 Å². The number of thiocarbonyl (C=S) groups is 1. The molecule has 0 radical (unpaired) electrons. The second-order valence-corrected chi connectivity index (χ2v) is 6.81. The molecule has 1 aromatic rings. The van der Waals surface area contributed by atoms with Crippen LogP contribution in [0.1, 0.15) is 18.5 Å². The summed E-state index contributed by atoms with van der Waals surface area (Å²) in [5, 5.41) is 7.48. The molecule has 1 saturated heterocycles. The molecule has 1 amide bonds. The number of rotatable bonds is 2. The van der Waals surface area contributed by atoms with E-state index in [2.05, 4.69) is 10.6 Å². The van der Waals surface area contributed by atoms with Gasteiger partial charge >= 0.3 is 0 Å². The van der Waals surface area contributed by atoms with Crippen LogP contribution in [0.5, 0.6) is 0 Å². The predicted molar refractivity (Wildman–Crippen MR) is 98.2 cm³/mol. The van der Waals surface area contributed by atoms with Crippen molar-refractivity contribution in [3.05, 3.63) is 45.1 Å². The summed E-state index contributed by atoms with van der Waals surface area (Å²) in [4.78, 5) is 14.8. The van der Waals surface area contributed by atoms with E-state index in [0.717, 1.165) is 11.3 Å². The lowest BCUT2D eigenvalue weighted by Gasteiger charge is -2.35. The summed E-state index contributed by atoms with van der Waals surface area (Å²) in [7, 11) is 0. The Hall–Kier alpha value is -1.34. The van der Waals surface area contributed by atoms with Gasteiger partial charge in [-0.15, -0.1) is 0 Å². The van der Waals surface area contributed by atoms with E-state index in [4.69, 9.17) is 40.2 Å². The standard InChI is InChI=1S/C16H17Cl2N3O2S/c1-9-12(15(22)21-5-7-23-8-6-21)14(20-16(24)19-9)10-3-2-4-11(17)13(10)18/h2-4,14H,5-8H2,1H3,(H2,19,20,24)/t14-/m0/s1. The normalized spacial score (nSPS) is 21.4. The summed E-state index contributed by atoms with van der Waals surface area (Å²) in [6.07, 6.45) is 0. The first-order chi connectivity index (χ1) is 11.5. The summed E-state index contributed by atoms with van der Waals surface area (Å²) < 4.78 is 5.33. The van der Waals surface area contributed by atoms with Crippen molar-refractivity contribution in [3.63, 3.8) is 0 Å². The highest BCUT2D eigenvalue weighted by Crippen LogP contribution is 2.36. The fourth-order valence-electron chi connectivity index (χ4n) is 2.89. The molecule has 0 unspecified atom stereocenters. The molecular formula is C16H17Cl2N3O2S. The van der Waals surface area contributed by atoms with Crippen molar-refractivity contribution < 1.29 is 9.53 Å². The Morgan fingerprint density at radius 1 is 1.33 bits per heavy atom. The van der Waals surface area contributed by atoms with Crippen molar-refractivity contribution in [1.29, 1.82) is 0 Å². The van der Waals surface area contributed by atoms with Crippen LogP contribution in [0.25, 0.3) is 0 Å². The van der Waals surface area contributed by atoms with E-state index in [0.29, 0.717) is 47.0 Å². The van der Waals surface area contributed by atoms with Crippen molar-refractivity contribution in [2.24, 2.45) is 0 Å². The third-order valence-electron chi connectivity index (χ3n) is 4.09. The number of carbonyl (C=O) groups excluding carboxylic acids is 1. The van der Waals surface area contributed by atoms with Crippen LogP contribution in [0.4, 0.5) is 0 Å². The number of benzene rings is 1. The van der Waals surface area contributed by atoms with Crippen molar-refractivity contribution >= 4 is 46.4 Å². The molecule has 0 saturated carbocycles. The lowest BCUT2D eigenvalue weighted by atomic mass is 9.94. The molecule has 0 bridgehead atoms. The molecule has 1 aromatic carbocycles. The van der Waals surface area contributed by atoms with Gasteiger partial charge in [-0.1, -0.05) is 35.3 Å². The van der Waals surface area contributed by atoms with Gasteiger partial charge in [0.1, 0.15) is 0 Å². The Morgan fingerprint density at radius 3 is 2.75 bits per heavy atom. The second kappa shape index (κ2) is 7.27. The molecule has 8 heteroatoms. The Balaban J connectivity index is 2.02. The van der Waals surface area contributed by atoms with Gasteiger partial charge in [-0.05, 0) is 30.8 Å². The van der Waals surface area contributed by atoms with Crippen molar-refractivity contribution in [3.8, 4) is 0 Å². The summed E-state index contributed by atoms with van der Waals surface area (Å²) in [5.74, 6) is -0.0562. The van der Waals surface area contributed by atoms with Crippen LogP contribution in [0.15, 0.2) is 29.5 Å². The Bertz CT molecular complexity index is 717. The zero-order valence-electron chi connectivity index (χ0n) is 13.1. The molecule has 3 rings (SSSR count). The maximum atomic E-state index is 13.1. The largest absolute Gasteiger partial charge is 0.378 e. The SMILES string of the molecule is CC1=C(C(=O)N2CCOCC2)[C@H](c2cccc(Cl)c2Cl)NC(=S)N1. The summed E-state index contributed by atoms with van der Waals surface area (Å²) in [6.45, 7) is 4.05. The highest BCUT2D eigenvalue weighted by Gasteiger charge is 2.34. The maximum absolute atomic E-state index is 13.1. The monoisotopic (exact) mass is 385 g/mol. The van der Waals surface area contributed by atoms with Crippen molar-refractivity contribution in [1.82, 2.24) is 15.5 Å². The van der Waals surface area contributed by atoms with Gasteiger partial charge in [-0.3, -0.25) is 4.79 Å². The molecule has 0 aliphatic carbocycles. The van der Waals surface area contributed by atoms with E-state index in [-0.39, 0.29) is 5.91 Å². The molecule has 24 heavy (non-hydrogen) atoms. The molecule has 0 aromatic heterocycles. The van der Waals surface area contributed by atoms with Crippen molar-refractivity contribution in [2.45, 2.75) is 13.0 Å². The maximum Gasteiger partial charge on any atom is 0.254 e. The zero-order chi connectivity index (χ0) is 17.3. The molecule has 0 spiro atoms. The average molecular weight is 386 g/mol. The van der Waals surface area contributed by atoms with Crippen molar-refractivity contribution in [2.75, 3.05) is 26.3 Å². The minimum Gasteiger partial charge on any atom is -0.378 e. The van der Waals surface area contributed by atoms with Gasteiger partial charge in [0.15, 0.2) is 5.11 Å². The number of carbonyl (C=O) groups is 1.